The molecule has 0 unspecified atom stereocenters. The zero-order valence-electron chi connectivity index (χ0n) is 13.5. The Hall–Kier alpha value is -3.18. The molecule has 0 bridgehead atoms. The van der Waals surface area contributed by atoms with Gasteiger partial charge in [-0.1, -0.05) is 41.9 Å². The predicted molar refractivity (Wildman–Crippen MR) is 100 cm³/mol. The van der Waals surface area contributed by atoms with Crippen LogP contribution in [0.4, 0.5) is 15.8 Å². The second-order valence-electron chi connectivity index (χ2n) is 5.45. The normalized spacial score (nSPS) is 10.2. The minimum atomic E-state index is -0.608. The number of hydrogen-bond acceptors (Lipinski definition) is 2. The number of halogens is 2. The molecule has 3 aromatic rings. The van der Waals surface area contributed by atoms with Gasteiger partial charge >= 0.3 is 0 Å². The van der Waals surface area contributed by atoms with E-state index in [1.165, 1.54) is 24.3 Å². The monoisotopic (exact) mass is 368 g/mol. The molecule has 3 rings (SSSR count). The summed E-state index contributed by atoms with van der Waals surface area (Å²) in [5, 5.41) is 5.53. The average Bonchev–Trinajstić information content (AvgIpc) is 2.65. The van der Waals surface area contributed by atoms with Crippen LogP contribution in [-0.4, -0.2) is 11.8 Å². The summed E-state index contributed by atoms with van der Waals surface area (Å²) < 4.78 is 13.7. The van der Waals surface area contributed by atoms with Gasteiger partial charge in [-0.15, -0.1) is 0 Å². The lowest BCUT2D eigenvalue weighted by Gasteiger charge is -2.10. The van der Waals surface area contributed by atoms with Crippen LogP contribution in [0.25, 0.3) is 0 Å². The maximum absolute atomic E-state index is 13.7. The van der Waals surface area contributed by atoms with Crippen molar-refractivity contribution in [2.45, 2.75) is 0 Å². The topological polar surface area (TPSA) is 58.2 Å². The van der Waals surface area contributed by atoms with Crippen LogP contribution in [0.1, 0.15) is 20.7 Å². The molecule has 0 spiro atoms. The lowest BCUT2D eigenvalue weighted by Crippen LogP contribution is -2.14. The Kier molecular flexibility index (Phi) is 5.29. The standard InChI is InChI=1S/C20H14ClFN2O2/c21-16-12-14(23-20(26)15-8-4-5-9-17(15)22)10-11-18(16)24-19(25)13-6-2-1-3-7-13/h1-12H,(H,23,26)(H,24,25). The Morgan fingerprint density at radius 2 is 1.50 bits per heavy atom. The van der Waals surface area contributed by atoms with Crippen molar-refractivity contribution in [1.29, 1.82) is 0 Å². The van der Waals surface area contributed by atoms with Gasteiger partial charge in [-0.05, 0) is 42.5 Å². The van der Waals surface area contributed by atoms with Gasteiger partial charge in [0.25, 0.3) is 11.8 Å². The van der Waals surface area contributed by atoms with E-state index in [0.29, 0.717) is 16.9 Å². The zero-order valence-corrected chi connectivity index (χ0v) is 14.3. The molecule has 0 aliphatic rings. The van der Waals surface area contributed by atoms with Crippen LogP contribution in [0.3, 0.4) is 0 Å². The quantitative estimate of drug-likeness (QED) is 0.682. The first-order valence-corrected chi connectivity index (χ1v) is 8.14. The molecular weight excluding hydrogens is 355 g/mol. The minimum absolute atomic E-state index is 0.0647. The summed E-state index contributed by atoms with van der Waals surface area (Å²) in [5.74, 6) is -1.49. The molecule has 0 saturated heterocycles. The van der Waals surface area contributed by atoms with E-state index in [9.17, 15) is 14.0 Å². The van der Waals surface area contributed by atoms with Gasteiger partial charge in [0.2, 0.25) is 0 Å². The highest BCUT2D eigenvalue weighted by Gasteiger charge is 2.13. The van der Waals surface area contributed by atoms with E-state index < -0.39 is 11.7 Å². The van der Waals surface area contributed by atoms with Gasteiger partial charge in [-0.3, -0.25) is 9.59 Å². The predicted octanol–water partition coefficient (Wildman–Crippen LogP) is 4.98. The molecule has 0 heterocycles. The molecule has 0 aliphatic heterocycles. The number of carbonyl (C=O) groups is 2. The molecule has 130 valence electrons. The molecule has 6 heteroatoms. The summed E-state index contributed by atoms with van der Waals surface area (Å²) in [5.41, 5.74) is 1.23. The first-order valence-electron chi connectivity index (χ1n) is 7.76. The number of benzene rings is 3. The molecule has 0 fully saturated rings. The molecule has 0 saturated carbocycles. The Balaban J connectivity index is 1.72. The summed E-state index contributed by atoms with van der Waals surface area (Å²) in [6.45, 7) is 0. The molecule has 0 radical (unpaired) electrons. The summed E-state index contributed by atoms with van der Waals surface area (Å²) in [7, 11) is 0. The molecular formula is C20H14ClFN2O2. The molecule has 2 amide bonds. The van der Waals surface area contributed by atoms with E-state index in [4.69, 9.17) is 11.6 Å². The molecule has 0 atom stereocenters. The van der Waals surface area contributed by atoms with Gasteiger partial charge < -0.3 is 10.6 Å². The minimum Gasteiger partial charge on any atom is -0.322 e. The van der Waals surface area contributed by atoms with E-state index in [0.717, 1.165) is 0 Å². The Morgan fingerprint density at radius 3 is 2.19 bits per heavy atom. The van der Waals surface area contributed by atoms with Crippen LogP contribution in [-0.2, 0) is 0 Å². The van der Waals surface area contributed by atoms with Crippen molar-refractivity contribution in [1.82, 2.24) is 0 Å². The zero-order chi connectivity index (χ0) is 18.5. The number of anilines is 2. The number of hydrogen-bond donors (Lipinski definition) is 2. The number of nitrogens with one attached hydrogen (secondary N) is 2. The van der Waals surface area contributed by atoms with Crippen LogP contribution in [0.2, 0.25) is 5.02 Å². The SMILES string of the molecule is O=C(Nc1ccc(NC(=O)c2ccccc2F)cc1Cl)c1ccccc1. The molecule has 0 aliphatic carbocycles. The fourth-order valence-corrected chi connectivity index (χ4v) is 2.55. The summed E-state index contributed by atoms with van der Waals surface area (Å²) in [6.07, 6.45) is 0. The molecule has 26 heavy (non-hydrogen) atoms. The Morgan fingerprint density at radius 1 is 0.808 bits per heavy atom. The van der Waals surface area contributed by atoms with E-state index in [1.54, 1.807) is 42.5 Å². The highest BCUT2D eigenvalue weighted by molar-refractivity contribution is 6.34. The highest BCUT2D eigenvalue weighted by Crippen LogP contribution is 2.26. The highest BCUT2D eigenvalue weighted by atomic mass is 35.5. The molecule has 0 aromatic heterocycles. The van der Waals surface area contributed by atoms with E-state index in [-0.39, 0.29) is 16.5 Å². The summed E-state index contributed by atoms with van der Waals surface area (Å²) in [6, 6.07) is 19.0. The van der Waals surface area contributed by atoms with Crippen LogP contribution in [0.5, 0.6) is 0 Å². The van der Waals surface area contributed by atoms with Crippen molar-refractivity contribution in [2.75, 3.05) is 10.6 Å². The smallest absolute Gasteiger partial charge is 0.258 e. The number of carbonyl (C=O) groups excluding carboxylic acids is 2. The number of amides is 2. The third-order valence-electron chi connectivity index (χ3n) is 3.63. The maximum atomic E-state index is 13.7. The van der Waals surface area contributed by atoms with Crippen molar-refractivity contribution < 1.29 is 14.0 Å². The number of rotatable bonds is 4. The van der Waals surface area contributed by atoms with Crippen LogP contribution in [0, 0.1) is 5.82 Å². The maximum Gasteiger partial charge on any atom is 0.258 e. The molecule has 2 N–H and O–H groups in total. The molecule has 4 nitrogen and oxygen atoms in total. The van der Waals surface area contributed by atoms with Crippen LogP contribution >= 0.6 is 11.6 Å². The van der Waals surface area contributed by atoms with Gasteiger partial charge in [-0.25, -0.2) is 4.39 Å². The van der Waals surface area contributed by atoms with Crippen LogP contribution in [0.15, 0.2) is 72.8 Å². The van der Waals surface area contributed by atoms with Crippen molar-refractivity contribution >= 4 is 34.8 Å². The fourth-order valence-electron chi connectivity index (χ4n) is 2.32. The van der Waals surface area contributed by atoms with Crippen molar-refractivity contribution in [3.63, 3.8) is 0 Å². The van der Waals surface area contributed by atoms with Gasteiger partial charge in [0.05, 0.1) is 16.3 Å². The van der Waals surface area contributed by atoms with Crippen molar-refractivity contribution in [3.8, 4) is 0 Å². The third-order valence-corrected chi connectivity index (χ3v) is 3.94. The molecule has 3 aromatic carbocycles. The van der Waals surface area contributed by atoms with Gasteiger partial charge in [0, 0.05) is 11.3 Å². The van der Waals surface area contributed by atoms with E-state index >= 15 is 0 Å². The lowest BCUT2D eigenvalue weighted by molar-refractivity contribution is 0.101. The largest absolute Gasteiger partial charge is 0.322 e. The third kappa shape index (κ3) is 4.07. The lowest BCUT2D eigenvalue weighted by atomic mass is 10.2. The van der Waals surface area contributed by atoms with Crippen molar-refractivity contribution in [2.24, 2.45) is 0 Å². The van der Waals surface area contributed by atoms with E-state index in [1.807, 2.05) is 6.07 Å². The first kappa shape index (κ1) is 17.6. The van der Waals surface area contributed by atoms with Gasteiger partial charge in [0.15, 0.2) is 0 Å². The Labute approximate surface area is 154 Å². The van der Waals surface area contributed by atoms with Crippen molar-refractivity contribution in [3.05, 3.63) is 94.8 Å². The van der Waals surface area contributed by atoms with Crippen LogP contribution < -0.4 is 10.6 Å². The van der Waals surface area contributed by atoms with Gasteiger partial charge in [0.1, 0.15) is 5.82 Å². The summed E-state index contributed by atoms with van der Waals surface area (Å²) >= 11 is 6.18. The first-order chi connectivity index (χ1) is 12.5. The summed E-state index contributed by atoms with van der Waals surface area (Å²) in [4.78, 5) is 24.3. The second kappa shape index (κ2) is 7.80. The van der Waals surface area contributed by atoms with Gasteiger partial charge in [-0.2, -0.15) is 0 Å². The van der Waals surface area contributed by atoms with E-state index in [2.05, 4.69) is 10.6 Å². The average molecular weight is 369 g/mol. The fraction of sp³-hybridized carbons (Fsp3) is 0. The second-order valence-corrected chi connectivity index (χ2v) is 5.86. The Bertz CT molecular complexity index is 961.